The van der Waals surface area contributed by atoms with Crippen molar-refractivity contribution in [3.63, 3.8) is 0 Å². The van der Waals surface area contributed by atoms with Crippen LogP contribution in [-0.4, -0.2) is 43.3 Å². The number of nitrogens with zero attached hydrogens (tertiary/aromatic N) is 1. The zero-order valence-electron chi connectivity index (χ0n) is 11.3. The zero-order chi connectivity index (χ0) is 15.8. The average molecular weight is 315 g/mol. The molecule has 0 aliphatic carbocycles. The van der Waals surface area contributed by atoms with Crippen molar-refractivity contribution in [1.82, 2.24) is 5.32 Å². The number of esters is 1. The Hall–Kier alpha value is -2.28. The smallest absolute Gasteiger partial charge is 0.323 e. The number of ether oxygens (including phenoxy) is 1. The first-order valence-electron chi connectivity index (χ1n) is 6.03. The summed E-state index contributed by atoms with van der Waals surface area (Å²) < 4.78 is 4.44. The summed E-state index contributed by atoms with van der Waals surface area (Å²) in [6.45, 7) is -0.457. The first kappa shape index (κ1) is 16.8. The quantitative estimate of drug-likeness (QED) is 0.776. The van der Waals surface area contributed by atoms with Crippen LogP contribution in [0.2, 0.25) is 5.02 Å². The van der Waals surface area contributed by atoms with Crippen LogP contribution in [0, 0.1) is 0 Å². The topological polar surface area (TPSA) is 95.9 Å². The van der Waals surface area contributed by atoms with E-state index < -0.39 is 24.5 Å². The third-order valence-corrected chi connectivity index (χ3v) is 2.76. The van der Waals surface area contributed by atoms with Gasteiger partial charge in [0, 0.05) is 17.3 Å². The highest BCUT2D eigenvalue weighted by Crippen LogP contribution is 2.18. The van der Waals surface area contributed by atoms with E-state index in [0.717, 1.165) is 4.90 Å². The monoisotopic (exact) mass is 314 g/mol. The molecule has 1 aromatic carbocycles. The van der Waals surface area contributed by atoms with Crippen LogP contribution in [0.1, 0.15) is 6.42 Å². The molecule has 0 fully saturated rings. The molecule has 0 spiro atoms. The van der Waals surface area contributed by atoms with Crippen molar-refractivity contribution in [2.24, 2.45) is 0 Å². The lowest BCUT2D eigenvalue weighted by atomic mass is 10.3. The second kappa shape index (κ2) is 8.11. The summed E-state index contributed by atoms with van der Waals surface area (Å²) in [4.78, 5) is 34.9. The molecule has 0 aliphatic rings. The Morgan fingerprint density at radius 3 is 2.43 bits per heavy atom. The number of carbonyl (C=O) groups is 3. The van der Waals surface area contributed by atoms with Gasteiger partial charge in [-0.15, -0.1) is 0 Å². The van der Waals surface area contributed by atoms with Gasteiger partial charge < -0.3 is 15.2 Å². The summed E-state index contributed by atoms with van der Waals surface area (Å²) in [7, 11) is 1.24. The third kappa shape index (κ3) is 5.70. The van der Waals surface area contributed by atoms with Gasteiger partial charge in [0.05, 0.1) is 13.5 Å². The van der Waals surface area contributed by atoms with Crippen molar-refractivity contribution in [2.75, 3.05) is 25.1 Å². The van der Waals surface area contributed by atoms with Crippen molar-refractivity contribution < 1.29 is 24.2 Å². The fourth-order valence-corrected chi connectivity index (χ4v) is 1.63. The van der Waals surface area contributed by atoms with Crippen LogP contribution in [0.4, 0.5) is 10.5 Å². The van der Waals surface area contributed by atoms with Crippen LogP contribution in [0.25, 0.3) is 0 Å². The number of aliphatic carboxylic acids is 1. The number of carboxylic acids is 1. The number of nitrogens with one attached hydrogen (secondary N) is 1. The summed E-state index contributed by atoms with van der Waals surface area (Å²) in [5.74, 6) is -1.63. The maximum absolute atomic E-state index is 12.0. The van der Waals surface area contributed by atoms with Gasteiger partial charge in [-0.1, -0.05) is 11.6 Å². The highest BCUT2D eigenvalue weighted by Gasteiger charge is 2.18. The molecule has 0 heterocycles. The second-order valence-electron chi connectivity index (χ2n) is 4.01. The van der Waals surface area contributed by atoms with E-state index in [1.165, 1.54) is 19.2 Å². The molecule has 0 saturated heterocycles. The van der Waals surface area contributed by atoms with Gasteiger partial charge in [-0.3, -0.25) is 14.5 Å². The van der Waals surface area contributed by atoms with E-state index in [0.29, 0.717) is 10.7 Å². The molecule has 0 atom stereocenters. The average Bonchev–Trinajstić information content (AvgIpc) is 2.45. The molecule has 0 aliphatic heterocycles. The van der Waals surface area contributed by atoms with Crippen LogP contribution < -0.4 is 10.2 Å². The van der Waals surface area contributed by atoms with Gasteiger partial charge in [-0.2, -0.15) is 0 Å². The lowest BCUT2D eigenvalue weighted by Gasteiger charge is -2.21. The molecule has 8 heteroatoms. The molecular formula is C13H15ClN2O5. The molecule has 21 heavy (non-hydrogen) atoms. The molecule has 114 valence electrons. The normalized spacial score (nSPS) is 9.81. The number of hydrogen-bond donors (Lipinski definition) is 2. The molecule has 0 unspecified atom stereocenters. The van der Waals surface area contributed by atoms with Crippen LogP contribution in [-0.2, 0) is 14.3 Å². The Kier molecular flexibility index (Phi) is 6.48. The van der Waals surface area contributed by atoms with Crippen molar-refractivity contribution in [3.8, 4) is 0 Å². The maximum Gasteiger partial charge on any atom is 0.323 e. The number of carbonyl (C=O) groups excluding carboxylic acids is 2. The van der Waals surface area contributed by atoms with Gasteiger partial charge in [0.1, 0.15) is 6.54 Å². The number of urea groups is 1. The first-order valence-corrected chi connectivity index (χ1v) is 6.41. The van der Waals surface area contributed by atoms with Gasteiger partial charge in [0.25, 0.3) is 0 Å². The molecule has 1 rings (SSSR count). The van der Waals surface area contributed by atoms with E-state index in [2.05, 4.69) is 10.1 Å². The number of methoxy groups -OCH3 is 1. The van der Waals surface area contributed by atoms with Crippen molar-refractivity contribution in [1.29, 1.82) is 0 Å². The summed E-state index contributed by atoms with van der Waals surface area (Å²) in [5.41, 5.74) is 0.386. The Morgan fingerprint density at radius 2 is 1.90 bits per heavy atom. The lowest BCUT2D eigenvalue weighted by Crippen LogP contribution is -2.43. The zero-order valence-corrected chi connectivity index (χ0v) is 12.1. The number of hydrogen-bond acceptors (Lipinski definition) is 4. The molecular weight excluding hydrogens is 300 g/mol. The van der Waals surface area contributed by atoms with Crippen LogP contribution >= 0.6 is 11.6 Å². The van der Waals surface area contributed by atoms with Crippen LogP contribution in [0.3, 0.4) is 0 Å². The lowest BCUT2D eigenvalue weighted by molar-refractivity contribution is -0.140. The van der Waals surface area contributed by atoms with E-state index >= 15 is 0 Å². The minimum atomic E-state index is -1.16. The van der Waals surface area contributed by atoms with Crippen LogP contribution in [0.5, 0.6) is 0 Å². The standard InChI is InChI=1S/C13H15ClN2O5/c1-21-12(19)6-7-15-13(20)16(8-11(17)18)10-4-2-9(14)3-5-10/h2-5H,6-8H2,1H3,(H,15,20)(H,17,18). The summed E-state index contributed by atoms with van der Waals surface area (Å²) >= 11 is 5.75. The van der Waals surface area contributed by atoms with Crippen molar-refractivity contribution >= 4 is 35.3 Å². The van der Waals surface area contributed by atoms with Gasteiger partial charge in [-0.05, 0) is 24.3 Å². The third-order valence-electron chi connectivity index (χ3n) is 2.51. The minimum Gasteiger partial charge on any atom is -0.480 e. The number of benzene rings is 1. The Balaban J connectivity index is 2.72. The molecule has 0 aromatic heterocycles. The Bertz CT molecular complexity index is 518. The SMILES string of the molecule is COC(=O)CCNC(=O)N(CC(=O)O)c1ccc(Cl)cc1. The number of rotatable bonds is 6. The summed E-state index contributed by atoms with van der Waals surface area (Å²) in [6, 6.07) is 5.54. The molecule has 7 nitrogen and oxygen atoms in total. The summed E-state index contributed by atoms with van der Waals surface area (Å²) in [5, 5.41) is 11.8. The number of carboxylic acid groups (broad SMARTS) is 1. The number of halogens is 1. The molecule has 2 N–H and O–H groups in total. The largest absolute Gasteiger partial charge is 0.480 e. The van der Waals surface area contributed by atoms with E-state index in [1.807, 2.05) is 0 Å². The highest BCUT2D eigenvalue weighted by molar-refractivity contribution is 6.30. The fraction of sp³-hybridized carbons (Fsp3) is 0.308. The highest BCUT2D eigenvalue weighted by atomic mass is 35.5. The second-order valence-corrected chi connectivity index (χ2v) is 4.45. The van der Waals surface area contributed by atoms with Gasteiger partial charge in [-0.25, -0.2) is 4.79 Å². The van der Waals surface area contributed by atoms with Crippen molar-refractivity contribution in [3.05, 3.63) is 29.3 Å². The van der Waals surface area contributed by atoms with Crippen molar-refractivity contribution in [2.45, 2.75) is 6.42 Å². The first-order chi connectivity index (χ1) is 9.93. The van der Waals surface area contributed by atoms with E-state index in [1.54, 1.807) is 12.1 Å². The Labute approximate surface area is 126 Å². The molecule has 1 aromatic rings. The van der Waals surface area contributed by atoms with E-state index in [4.69, 9.17) is 16.7 Å². The summed E-state index contributed by atoms with van der Waals surface area (Å²) in [6.07, 6.45) is 0.00374. The molecule has 2 amide bonds. The minimum absolute atomic E-state index is 0.00374. The van der Waals surface area contributed by atoms with Gasteiger partial charge >= 0.3 is 18.0 Å². The predicted octanol–water partition coefficient (Wildman–Crippen LogP) is 1.50. The molecule has 0 saturated carbocycles. The van der Waals surface area contributed by atoms with E-state index in [9.17, 15) is 14.4 Å². The van der Waals surface area contributed by atoms with E-state index in [-0.39, 0.29) is 13.0 Å². The predicted molar refractivity (Wildman–Crippen MR) is 76.5 cm³/mol. The van der Waals surface area contributed by atoms with Crippen LogP contribution in [0.15, 0.2) is 24.3 Å². The number of amides is 2. The van der Waals surface area contributed by atoms with Gasteiger partial charge in [0.15, 0.2) is 0 Å². The number of anilines is 1. The molecule has 0 radical (unpaired) electrons. The Morgan fingerprint density at radius 1 is 1.29 bits per heavy atom. The fourth-order valence-electron chi connectivity index (χ4n) is 1.51. The maximum atomic E-state index is 12.0. The van der Waals surface area contributed by atoms with Gasteiger partial charge in [0.2, 0.25) is 0 Å². The molecule has 0 bridgehead atoms.